The van der Waals surface area contributed by atoms with Gasteiger partial charge in [0.2, 0.25) is 0 Å². The summed E-state index contributed by atoms with van der Waals surface area (Å²) < 4.78 is 4.94. The fourth-order valence-corrected chi connectivity index (χ4v) is 2.56. The van der Waals surface area contributed by atoms with Crippen molar-refractivity contribution in [1.82, 2.24) is 0 Å². The molecule has 0 radical (unpaired) electrons. The molecule has 1 N–H and O–H groups in total. The Labute approximate surface area is 140 Å². The normalized spacial score (nSPS) is 10.4. The van der Waals surface area contributed by atoms with E-state index in [1.54, 1.807) is 12.1 Å². The summed E-state index contributed by atoms with van der Waals surface area (Å²) in [5.41, 5.74) is 1.31. The molecule has 1 aromatic rings. The third kappa shape index (κ3) is 10.6. The van der Waals surface area contributed by atoms with Gasteiger partial charge in [-0.25, -0.2) is 4.79 Å². The van der Waals surface area contributed by atoms with Crippen LogP contribution in [0.3, 0.4) is 0 Å². The van der Waals surface area contributed by atoms with Gasteiger partial charge in [-0.15, -0.1) is 0 Å². The van der Waals surface area contributed by atoms with E-state index in [9.17, 15) is 9.90 Å². The van der Waals surface area contributed by atoms with E-state index in [0.29, 0.717) is 12.4 Å². The van der Waals surface area contributed by atoms with Crippen LogP contribution < -0.4 is 0 Å². The maximum Gasteiger partial charge on any atom is 0.330 e. The first kappa shape index (κ1) is 19.3. The number of ether oxygens (including phenoxy) is 1. The Bertz CT molecular complexity index is 437. The van der Waals surface area contributed by atoms with Crippen LogP contribution in [0.1, 0.15) is 63.4 Å². The largest absolute Gasteiger partial charge is 0.508 e. The maximum atomic E-state index is 10.8. The summed E-state index contributed by atoms with van der Waals surface area (Å²) in [6.07, 6.45) is 13.3. The lowest BCUT2D eigenvalue weighted by atomic mass is 10.0. The number of hydrogen-bond donors (Lipinski definition) is 1. The van der Waals surface area contributed by atoms with E-state index in [-0.39, 0.29) is 5.97 Å². The molecule has 1 rings (SSSR count). The molecule has 0 atom stereocenters. The molecule has 0 amide bonds. The molecule has 0 spiro atoms. The van der Waals surface area contributed by atoms with Gasteiger partial charge < -0.3 is 9.84 Å². The van der Waals surface area contributed by atoms with E-state index in [2.05, 4.69) is 6.58 Å². The molecule has 0 aromatic heterocycles. The highest BCUT2D eigenvalue weighted by atomic mass is 16.5. The van der Waals surface area contributed by atoms with Crippen molar-refractivity contribution in [3.63, 3.8) is 0 Å². The van der Waals surface area contributed by atoms with Gasteiger partial charge in [-0.05, 0) is 37.0 Å². The molecule has 128 valence electrons. The van der Waals surface area contributed by atoms with Crippen LogP contribution in [0.15, 0.2) is 36.9 Å². The summed E-state index contributed by atoms with van der Waals surface area (Å²) in [5, 5.41) is 9.23. The van der Waals surface area contributed by atoms with E-state index in [1.807, 2.05) is 12.1 Å². The first-order valence-electron chi connectivity index (χ1n) is 8.79. The molecule has 0 fully saturated rings. The lowest BCUT2D eigenvalue weighted by Crippen LogP contribution is -2.01. The summed E-state index contributed by atoms with van der Waals surface area (Å²) in [4.78, 5) is 10.8. The van der Waals surface area contributed by atoms with E-state index < -0.39 is 0 Å². The van der Waals surface area contributed by atoms with Gasteiger partial charge in [0.25, 0.3) is 0 Å². The SMILES string of the molecule is C=CC(=O)OCCCCCCCCCCCc1ccc(O)cc1. The zero-order valence-corrected chi connectivity index (χ0v) is 14.1. The second kappa shape index (κ2) is 12.7. The van der Waals surface area contributed by atoms with Crippen LogP contribution in [0.4, 0.5) is 0 Å². The van der Waals surface area contributed by atoms with E-state index in [4.69, 9.17) is 4.74 Å². The van der Waals surface area contributed by atoms with Crippen molar-refractivity contribution in [1.29, 1.82) is 0 Å². The number of rotatable bonds is 13. The second-order valence-electron chi connectivity index (χ2n) is 5.97. The fourth-order valence-electron chi connectivity index (χ4n) is 2.56. The van der Waals surface area contributed by atoms with Gasteiger partial charge in [0.15, 0.2) is 0 Å². The third-order valence-electron chi connectivity index (χ3n) is 3.96. The Balaban J connectivity index is 1.82. The number of aromatic hydroxyl groups is 1. The minimum atomic E-state index is -0.322. The molecule has 0 saturated heterocycles. The number of unbranched alkanes of at least 4 members (excludes halogenated alkanes) is 8. The Morgan fingerprint density at radius 3 is 2.00 bits per heavy atom. The van der Waals surface area contributed by atoms with Crippen LogP contribution in [-0.4, -0.2) is 17.7 Å². The first-order chi connectivity index (χ1) is 11.2. The number of phenolic OH excluding ortho intramolecular Hbond substituents is 1. The highest BCUT2D eigenvalue weighted by Gasteiger charge is 1.97. The molecule has 3 heteroatoms. The molecular weight excluding hydrogens is 288 g/mol. The smallest absolute Gasteiger partial charge is 0.330 e. The summed E-state index contributed by atoms with van der Waals surface area (Å²) >= 11 is 0. The number of phenols is 1. The van der Waals surface area contributed by atoms with Gasteiger partial charge in [0, 0.05) is 6.08 Å². The zero-order chi connectivity index (χ0) is 16.8. The van der Waals surface area contributed by atoms with Crippen LogP contribution in [-0.2, 0) is 16.0 Å². The van der Waals surface area contributed by atoms with Crippen molar-refractivity contribution in [2.24, 2.45) is 0 Å². The number of esters is 1. The number of hydrogen-bond acceptors (Lipinski definition) is 3. The lowest BCUT2D eigenvalue weighted by molar-refractivity contribution is -0.137. The average Bonchev–Trinajstić information content (AvgIpc) is 2.57. The van der Waals surface area contributed by atoms with Crippen molar-refractivity contribution in [3.05, 3.63) is 42.5 Å². The molecule has 3 nitrogen and oxygen atoms in total. The highest BCUT2D eigenvalue weighted by Crippen LogP contribution is 2.14. The van der Waals surface area contributed by atoms with Crippen molar-refractivity contribution in [2.75, 3.05) is 6.61 Å². The van der Waals surface area contributed by atoms with Gasteiger partial charge >= 0.3 is 5.97 Å². The molecule has 0 bridgehead atoms. The molecule has 0 aliphatic rings. The van der Waals surface area contributed by atoms with Crippen LogP contribution in [0.2, 0.25) is 0 Å². The van der Waals surface area contributed by atoms with Gasteiger partial charge in [0.1, 0.15) is 5.75 Å². The number of carbonyl (C=O) groups is 1. The van der Waals surface area contributed by atoms with Crippen LogP contribution >= 0.6 is 0 Å². The molecule has 0 aliphatic carbocycles. The monoisotopic (exact) mass is 318 g/mol. The average molecular weight is 318 g/mol. The van der Waals surface area contributed by atoms with Gasteiger partial charge in [-0.1, -0.05) is 63.7 Å². The number of benzene rings is 1. The summed E-state index contributed by atoms with van der Waals surface area (Å²) in [5.74, 6) is 0.0184. The van der Waals surface area contributed by atoms with Gasteiger partial charge in [0.05, 0.1) is 6.61 Å². The van der Waals surface area contributed by atoms with Crippen molar-refractivity contribution in [2.45, 2.75) is 64.2 Å². The highest BCUT2D eigenvalue weighted by molar-refractivity contribution is 5.81. The molecule has 0 heterocycles. The molecule has 0 unspecified atom stereocenters. The Kier molecular flexibility index (Phi) is 10.7. The Morgan fingerprint density at radius 1 is 0.913 bits per heavy atom. The van der Waals surface area contributed by atoms with Crippen molar-refractivity contribution >= 4 is 5.97 Å². The van der Waals surface area contributed by atoms with Crippen LogP contribution in [0.25, 0.3) is 0 Å². The predicted octanol–water partition coefficient (Wildman–Crippen LogP) is 5.17. The summed E-state index contributed by atoms with van der Waals surface area (Å²) in [7, 11) is 0. The second-order valence-corrected chi connectivity index (χ2v) is 5.97. The third-order valence-corrected chi connectivity index (χ3v) is 3.96. The lowest BCUT2D eigenvalue weighted by Gasteiger charge is -2.04. The molecular formula is C20H30O3. The van der Waals surface area contributed by atoms with Crippen LogP contribution in [0, 0.1) is 0 Å². The quantitative estimate of drug-likeness (QED) is 0.310. The van der Waals surface area contributed by atoms with Crippen molar-refractivity contribution in [3.8, 4) is 5.75 Å². The Hall–Kier alpha value is -1.77. The molecule has 1 aromatic carbocycles. The maximum absolute atomic E-state index is 10.8. The summed E-state index contributed by atoms with van der Waals surface area (Å²) in [6.45, 7) is 3.88. The van der Waals surface area contributed by atoms with Gasteiger partial charge in [-0.3, -0.25) is 0 Å². The number of aryl methyl sites for hydroxylation is 1. The summed E-state index contributed by atoms with van der Waals surface area (Å²) in [6, 6.07) is 7.52. The minimum Gasteiger partial charge on any atom is -0.508 e. The molecule has 0 aliphatic heterocycles. The Morgan fingerprint density at radius 2 is 1.43 bits per heavy atom. The minimum absolute atomic E-state index is 0.322. The first-order valence-corrected chi connectivity index (χ1v) is 8.79. The van der Waals surface area contributed by atoms with E-state index in [0.717, 1.165) is 19.3 Å². The molecule has 0 saturated carbocycles. The van der Waals surface area contributed by atoms with E-state index in [1.165, 1.54) is 56.6 Å². The fraction of sp³-hybridized carbons (Fsp3) is 0.550. The number of carbonyl (C=O) groups excluding carboxylic acids is 1. The standard InChI is InChI=1S/C20H30O3/c1-2-20(22)23-17-11-9-7-5-3-4-6-8-10-12-18-13-15-19(21)16-14-18/h2,13-16,21H,1,3-12,17H2. The van der Waals surface area contributed by atoms with E-state index >= 15 is 0 Å². The topological polar surface area (TPSA) is 46.5 Å². The van der Waals surface area contributed by atoms with Crippen molar-refractivity contribution < 1.29 is 14.6 Å². The van der Waals surface area contributed by atoms with Crippen LogP contribution in [0.5, 0.6) is 5.75 Å². The molecule has 23 heavy (non-hydrogen) atoms. The zero-order valence-electron chi connectivity index (χ0n) is 14.1. The predicted molar refractivity (Wildman–Crippen MR) is 94.5 cm³/mol. The van der Waals surface area contributed by atoms with Gasteiger partial charge in [-0.2, -0.15) is 0 Å².